The Kier molecular flexibility index (Phi) is 5.63. The van der Waals surface area contributed by atoms with Crippen molar-refractivity contribution in [1.82, 2.24) is 9.47 Å². The van der Waals surface area contributed by atoms with Crippen LogP contribution in [-0.4, -0.2) is 59.0 Å². The standard InChI is InChI=1S/C23H23N3O4/c1-16-6-7-17(23(28)29)12-20(16)24-13-18-14-26(21-5-3-2-4-19(18)21)15-22(27)25-8-10-30-11-9-25/h2-7,12-14H,8-11,15H2,1H3,(H,28,29). The van der Waals surface area contributed by atoms with Gasteiger partial charge in [-0.1, -0.05) is 24.3 Å². The molecule has 1 saturated heterocycles. The van der Waals surface area contributed by atoms with Crippen molar-refractivity contribution < 1.29 is 19.4 Å². The van der Waals surface area contributed by atoms with Gasteiger partial charge in [0, 0.05) is 42.0 Å². The summed E-state index contributed by atoms with van der Waals surface area (Å²) in [5, 5.41) is 10.2. The average molecular weight is 405 g/mol. The molecule has 1 aliphatic heterocycles. The summed E-state index contributed by atoms with van der Waals surface area (Å²) in [6.45, 7) is 4.53. The quantitative estimate of drug-likeness (QED) is 0.661. The molecule has 2 heterocycles. The van der Waals surface area contributed by atoms with E-state index in [2.05, 4.69) is 4.99 Å². The Morgan fingerprint density at radius 1 is 1.17 bits per heavy atom. The lowest BCUT2D eigenvalue weighted by atomic mass is 10.1. The van der Waals surface area contributed by atoms with Crippen molar-refractivity contribution in [3.63, 3.8) is 0 Å². The number of carboxylic acids is 1. The van der Waals surface area contributed by atoms with Crippen LogP contribution < -0.4 is 0 Å². The van der Waals surface area contributed by atoms with Gasteiger partial charge in [0.25, 0.3) is 0 Å². The van der Waals surface area contributed by atoms with Crippen molar-refractivity contribution in [3.05, 3.63) is 65.4 Å². The first-order valence-corrected chi connectivity index (χ1v) is 9.84. The van der Waals surface area contributed by atoms with Gasteiger partial charge in [-0.2, -0.15) is 0 Å². The molecule has 1 aliphatic rings. The van der Waals surface area contributed by atoms with E-state index in [-0.39, 0.29) is 18.0 Å². The van der Waals surface area contributed by atoms with Crippen LogP contribution in [0.4, 0.5) is 5.69 Å². The number of carbonyl (C=O) groups excluding carboxylic acids is 1. The minimum Gasteiger partial charge on any atom is -0.478 e. The number of para-hydroxylation sites is 1. The van der Waals surface area contributed by atoms with Crippen molar-refractivity contribution in [2.75, 3.05) is 26.3 Å². The summed E-state index contributed by atoms with van der Waals surface area (Å²) >= 11 is 0. The number of aryl methyl sites for hydroxylation is 1. The average Bonchev–Trinajstić information content (AvgIpc) is 3.11. The summed E-state index contributed by atoms with van der Waals surface area (Å²) in [5.41, 5.74) is 3.53. The third-order valence-corrected chi connectivity index (χ3v) is 5.29. The van der Waals surface area contributed by atoms with Crippen LogP contribution in [0.2, 0.25) is 0 Å². The number of amides is 1. The number of carboxylic acid groups (broad SMARTS) is 1. The van der Waals surface area contributed by atoms with E-state index in [1.54, 1.807) is 24.4 Å². The number of aromatic nitrogens is 1. The fourth-order valence-corrected chi connectivity index (χ4v) is 3.59. The molecule has 154 valence electrons. The van der Waals surface area contributed by atoms with E-state index < -0.39 is 5.97 Å². The van der Waals surface area contributed by atoms with Crippen LogP contribution >= 0.6 is 0 Å². The van der Waals surface area contributed by atoms with Gasteiger partial charge in [0.2, 0.25) is 5.91 Å². The molecule has 1 N–H and O–H groups in total. The van der Waals surface area contributed by atoms with Crippen molar-refractivity contribution in [2.24, 2.45) is 4.99 Å². The zero-order valence-corrected chi connectivity index (χ0v) is 16.7. The molecular formula is C23H23N3O4. The normalized spacial score (nSPS) is 14.5. The Labute approximate surface area is 174 Å². The van der Waals surface area contributed by atoms with E-state index in [9.17, 15) is 14.7 Å². The van der Waals surface area contributed by atoms with Gasteiger partial charge in [-0.25, -0.2) is 4.79 Å². The Bertz CT molecular complexity index is 1130. The summed E-state index contributed by atoms with van der Waals surface area (Å²) in [6.07, 6.45) is 3.65. The highest BCUT2D eigenvalue weighted by atomic mass is 16.5. The summed E-state index contributed by atoms with van der Waals surface area (Å²) in [4.78, 5) is 30.3. The van der Waals surface area contributed by atoms with Gasteiger partial charge < -0.3 is 19.3 Å². The minimum absolute atomic E-state index is 0.0625. The lowest BCUT2D eigenvalue weighted by molar-refractivity contribution is -0.135. The molecular weight excluding hydrogens is 382 g/mol. The molecule has 7 heteroatoms. The molecule has 0 spiro atoms. The number of hydrogen-bond donors (Lipinski definition) is 1. The molecule has 1 fully saturated rings. The second kappa shape index (κ2) is 8.51. The molecule has 3 aromatic rings. The van der Waals surface area contributed by atoms with Crippen molar-refractivity contribution in [3.8, 4) is 0 Å². The molecule has 30 heavy (non-hydrogen) atoms. The second-order valence-electron chi connectivity index (χ2n) is 7.29. The van der Waals surface area contributed by atoms with E-state index in [1.165, 1.54) is 0 Å². The fraction of sp³-hybridized carbons (Fsp3) is 0.261. The molecule has 1 aromatic heterocycles. The first-order chi connectivity index (χ1) is 14.5. The fourth-order valence-electron chi connectivity index (χ4n) is 3.59. The Morgan fingerprint density at radius 3 is 2.70 bits per heavy atom. The highest BCUT2D eigenvalue weighted by Gasteiger charge is 2.18. The van der Waals surface area contributed by atoms with Crippen LogP contribution in [0, 0.1) is 6.92 Å². The third kappa shape index (κ3) is 4.11. The van der Waals surface area contributed by atoms with Crippen LogP contribution in [0.1, 0.15) is 21.5 Å². The molecule has 0 bridgehead atoms. The molecule has 2 aromatic carbocycles. The van der Waals surface area contributed by atoms with E-state index in [4.69, 9.17) is 4.74 Å². The number of aliphatic imine (C=N–C) groups is 1. The van der Waals surface area contributed by atoms with Crippen LogP contribution in [-0.2, 0) is 16.1 Å². The van der Waals surface area contributed by atoms with Crippen molar-refractivity contribution >= 4 is 34.7 Å². The monoisotopic (exact) mass is 405 g/mol. The van der Waals surface area contributed by atoms with E-state index in [0.29, 0.717) is 32.0 Å². The van der Waals surface area contributed by atoms with Gasteiger partial charge in [-0.3, -0.25) is 9.79 Å². The van der Waals surface area contributed by atoms with Gasteiger partial charge in [0.1, 0.15) is 6.54 Å². The predicted molar refractivity (Wildman–Crippen MR) is 115 cm³/mol. The zero-order valence-electron chi connectivity index (χ0n) is 16.7. The topological polar surface area (TPSA) is 84.1 Å². The first-order valence-electron chi connectivity index (χ1n) is 9.84. The number of benzene rings is 2. The second-order valence-corrected chi connectivity index (χ2v) is 7.29. The molecule has 0 atom stereocenters. The highest BCUT2D eigenvalue weighted by molar-refractivity contribution is 6.01. The predicted octanol–water partition coefficient (Wildman–Crippen LogP) is 3.26. The maximum Gasteiger partial charge on any atom is 0.335 e. The number of aromatic carboxylic acids is 1. The number of carbonyl (C=O) groups is 2. The van der Waals surface area contributed by atoms with Crippen molar-refractivity contribution in [1.29, 1.82) is 0 Å². The smallest absolute Gasteiger partial charge is 0.335 e. The number of nitrogens with zero attached hydrogens (tertiary/aromatic N) is 3. The lowest BCUT2D eigenvalue weighted by Gasteiger charge is -2.27. The maximum absolute atomic E-state index is 12.7. The summed E-state index contributed by atoms with van der Waals surface area (Å²) in [5.74, 6) is -0.919. The molecule has 0 saturated carbocycles. The Hall–Kier alpha value is -3.45. The number of hydrogen-bond acceptors (Lipinski definition) is 4. The third-order valence-electron chi connectivity index (χ3n) is 5.29. The SMILES string of the molecule is Cc1ccc(C(=O)O)cc1N=Cc1cn(CC(=O)N2CCOCC2)c2ccccc12. The van der Waals surface area contributed by atoms with Gasteiger partial charge in [-0.05, 0) is 30.7 Å². The van der Waals surface area contributed by atoms with E-state index in [1.807, 2.05) is 46.9 Å². The van der Waals surface area contributed by atoms with Gasteiger partial charge in [0.05, 0.1) is 24.5 Å². The lowest BCUT2D eigenvalue weighted by Crippen LogP contribution is -2.42. The molecule has 7 nitrogen and oxygen atoms in total. The first kappa shape index (κ1) is 19.8. The van der Waals surface area contributed by atoms with Crippen LogP contribution in [0.3, 0.4) is 0 Å². The van der Waals surface area contributed by atoms with Crippen LogP contribution in [0.5, 0.6) is 0 Å². The summed E-state index contributed by atoms with van der Waals surface area (Å²) in [7, 11) is 0. The maximum atomic E-state index is 12.7. The Balaban J connectivity index is 1.64. The molecule has 0 unspecified atom stereocenters. The van der Waals surface area contributed by atoms with E-state index >= 15 is 0 Å². The minimum atomic E-state index is -0.982. The van der Waals surface area contributed by atoms with Crippen LogP contribution in [0.15, 0.2) is 53.7 Å². The van der Waals surface area contributed by atoms with Crippen molar-refractivity contribution in [2.45, 2.75) is 13.5 Å². The Morgan fingerprint density at radius 2 is 1.93 bits per heavy atom. The molecule has 1 amide bonds. The van der Waals surface area contributed by atoms with Gasteiger partial charge in [0.15, 0.2) is 0 Å². The number of ether oxygens (including phenoxy) is 1. The summed E-state index contributed by atoms with van der Waals surface area (Å²) in [6, 6.07) is 12.8. The number of rotatable bonds is 5. The number of fused-ring (bicyclic) bond motifs is 1. The summed E-state index contributed by atoms with van der Waals surface area (Å²) < 4.78 is 7.27. The van der Waals surface area contributed by atoms with Crippen LogP contribution in [0.25, 0.3) is 10.9 Å². The largest absolute Gasteiger partial charge is 0.478 e. The highest BCUT2D eigenvalue weighted by Crippen LogP contribution is 2.24. The number of morpholine rings is 1. The zero-order chi connectivity index (χ0) is 21.1. The molecule has 0 aliphatic carbocycles. The molecule has 0 radical (unpaired) electrons. The molecule has 4 rings (SSSR count). The van der Waals surface area contributed by atoms with Gasteiger partial charge in [-0.15, -0.1) is 0 Å². The van der Waals surface area contributed by atoms with E-state index in [0.717, 1.165) is 22.0 Å². The van der Waals surface area contributed by atoms with Gasteiger partial charge >= 0.3 is 5.97 Å².